The second kappa shape index (κ2) is 7.33. The molecule has 2 N–H and O–H groups in total. The van der Waals surface area contributed by atoms with Crippen LogP contribution < -0.4 is 5.32 Å². The van der Waals surface area contributed by atoms with Gasteiger partial charge in [-0.15, -0.1) is 11.3 Å². The van der Waals surface area contributed by atoms with Crippen LogP contribution in [0.15, 0.2) is 29.8 Å². The van der Waals surface area contributed by atoms with E-state index in [0.717, 1.165) is 35.8 Å². The van der Waals surface area contributed by atoms with Gasteiger partial charge in [-0.25, -0.2) is 4.98 Å². The van der Waals surface area contributed by atoms with Gasteiger partial charge in [-0.3, -0.25) is 4.98 Å². The van der Waals surface area contributed by atoms with Crippen molar-refractivity contribution in [2.75, 3.05) is 13.2 Å². The largest absolute Gasteiger partial charge is 0.395 e. The van der Waals surface area contributed by atoms with E-state index in [0.29, 0.717) is 0 Å². The highest BCUT2D eigenvalue weighted by atomic mass is 32.1. The summed E-state index contributed by atoms with van der Waals surface area (Å²) in [4.78, 5) is 8.88. The van der Waals surface area contributed by atoms with Crippen molar-refractivity contribution in [3.8, 4) is 11.4 Å². The van der Waals surface area contributed by atoms with Gasteiger partial charge in [0.2, 0.25) is 0 Å². The van der Waals surface area contributed by atoms with Crippen molar-refractivity contribution in [3.63, 3.8) is 0 Å². The van der Waals surface area contributed by atoms with E-state index in [1.54, 1.807) is 17.5 Å². The Morgan fingerprint density at radius 1 is 1.37 bits per heavy atom. The minimum Gasteiger partial charge on any atom is -0.395 e. The lowest BCUT2D eigenvalue weighted by molar-refractivity contribution is 0.240. The summed E-state index contributed by atoms with van der Waals surface area (Å²) in [6, 6.07) is 6.03. The van der Waals surface area contributed by atoms with Crippen LogP contribution in [0.25, 0.3) is 11.4 Å². The molecule has 0 spiro atoms. The van der Waals surface area contributed by atoms with E-state index in [1.807, 2.05) is 23.6 Å². The van der Waals surface area contributed by atoms with Crippen molar-refractivity contribution >= 4 is 11.3 Å². The average Bonchev–Trinajstić information content (AvgIpc) is 2.93. The smallest absolute Gasteiger partial charge is 0.0998 e. The van der Waals surface area contributed by atoms with Crippen LogP contribution in [0.4, 0.5) is 0 Å². The highest BCUT2D eigenvalue weighted by Gasteiger charge is 2.07. The third kappa shape index (κ3) is 4.09. The fourth-order valence-electron chi connectivity index (χ4n) is 1.78. The molecular weight excluding hydrogens is 258 g/mol. The van der Waals surface area contributed by atoms with Gasteiger partial charge >= 0.3 is 0 Å². The van der Waals surface area contributed by atoms with E-state index in [-0.39, 0.29) is 12.6 Å². The normalized spacial score (nSPS) is 12.5. The second-order valence-corrected chi connectivity index (χ2v) is 5.28. The molecule has 5 heteroatoms. The number of nitrogens with zero attached hydrogens (tertiary/aromatic N) is 2. The van der Waals surface area contributed by atoms with Crippen LogP contribution in [0.5, 0.6) is 0 Å². The Labute approximate surface area is 117 Å². The molecule has 0 saturated carbocycles. The number of rotatable bonds is 7. The molecule has 0 fully saturated rings. The quantitative estimate of drug-likeness (QED) is 0.814. The number of pyridine rings is 1. The zero-order valence-corrected chi connectivity index (χ0v) is 11.9. The fourth-order valence-corrected chi connectivity index (χ4v) is 2.57. The Balaban J connectivity index is 1.88. The molecule has 0 bridgehead atoms. The predicted molar refractivity (Wildman–Crippen MR) is 78.2 cm³/mol. The van der Waals surface area contributed by atoms with Gasteiger partial charge in [-0.1, -0.05) is 13.0 Å². The van der Waals surface area contributed by atoms with Gasteiger partial charge in [-0.05, 0) is 18.6 Å². The van der Waals surface area contributed by atoms with Gasteiger partial charge in [0, 0.05) is 30.6 Å². The first kappa shape index (κ1) is 14.1. The number of nitrogens with one attached hydrogen (secondary N) is 1. The molecule has 0 amide bonds. The Bertz CT molecular complexity index is 482. The third-order valence-corrected chi connectivity index (χ3v) is 3.87. The number of hydrogen-bond donors (Lipinski definition) is 2. The van der Waals surface area contributed by atoms with Crippen LogP contribution in [0.1, 0.15) is 18.4 Å². The number of thiazole rings is 1. The molecule has 0 aliphatic rings. The summed E-state index contributed by atoms with van der Waals surface area (Å²) in [6.07, 6.45) is 3.60. The minimum absolute atomic E-state index is 0.188. The number of aliphatic hydroxyl groups excluding tert-OH is 1. The van der Waals surface area contributed by atoms with Gasteiger partial charge in [0.15, 0.2) is 0 Å². The van der Waals surface area contributed by atoms with Crippen LogP contribution in [0, 0.1) is 0 Å². The summed E-state index contributed by atoms with van der Waals surface area (Å²) >= 11 is 1.66. The molecule has 0 aromatic carbocycles. The van der Waals surface area contributed by atoms with E-state index in [2.05, 4.69) is 22.2 Å². The summed E-state index contributed by atoms with van der Waals surface area (Å²) in [5.41, 5.74) is 1.86. The number of aliphatic hydroxyl groups is 1. The molecule has 102 valence electrons. The van der Waals surface area contributed by atoms with Crippen molar-refractivity contribution < 1.29 is 5.11 Å². The summed E-state index contributed by atoms with van der Waals surface area (Å²) < 4.78 is 0. The maximum atomic E-state index is 9.09. The topological polar surface area (TPSA) is 58.0 Å². The van der Waals surface area contributed by atoms with Gasteiger partial charge in [0.05, 0.1) is 23.0 Å². The lowest BCUT2D eigenvalue weighted by Crippen LogP contribution is -2.33. The third-order valence-electron chi connectivity index (χ3n) is 2.96. The summed E-state index contributed by atoms with van der Waals surface area (Å²) in [6.45, 7) is 3.10. The van der Waals surface area contributed by atoms with Gasteiger partial charge in [0.25, 0.3) is 0 Å². The van der Waals surface area contributed by atoms with Crippen molar-refractivity contribution in [3.05, 3.63) is 34.8 Å². The zero-order chi connectivity index (χ0) is 13.5. The SMILES string of the molecule is CCC(CO)NCCc1nc(-c2ccccn2)cs1. The first-order valence-electron chi connectivity index (χ1n) is 6.53. The molecule has 4 nitrogen and oxygen atoms in total. The Morgan fingerprint density at radius 2 is 2.26 bits per heavy atom. The van der Waals surface area contributed by atoms with E-state index < -0.39 is 0 Å². The van der Waals surface area contributed by atoms with Crippen LogP contribution >= 0.6 is 11.3 Å². The van der Waals surface area contributed by atoms with E-state index in [1.165, 1.54) is 0 Å². The fraction of sp³-hybridized carbons (Fsp3) is 0.429. The Hall–Kier alpha value is -1.30. The van der Waals surface area contributed by atoms with Gasteiger partial charge in [0.1, 0.15) is 0 Å². The van der Waals surface area contributed by atoms with Crippen molar-refractivity contribution in [2.45, 2.75) is 25.8 Å². The summed E-state index contributed by atoms with van der Waals surface area (Å²) in [5, 5.41) is 15.6. The second-order valence-electron chi connectivity index (χ2n) is 4.33. The molecule has 0 aliphatic heterocycles. The zero-order valence-electron chi connectivity index (χ0n) is 11.0. The molecule has 2 rings (SSSR count). The molecule has 2 heterocycles. The predicted octanol–water partition coefficient (Wildman–Crippen LogP) is 2.11. The Kier molecular flexibility index (Phi) is 5.44. The summed E-state index contributed by atoms with van der Waals surface area (Å²) in [5.74, 6) is 0. The van der Waals surface area contributed by atoms with E-state index >= 15 is 0 Å². The molecule has 2 aromatic rings. The van der Waals surface area contributed by atoms with Crippen LogP contribution in [-0.2, 0) is 6.42 Å². The van der Waals surface area contributed by atoms with Gasteiger partial charge < -0.3 is 10.4 Å². The molecule has 2 aromatic heterocycles. The Morgan fingerprint density at radius 3 is 2.95 bits per heavy atom. The lowest BCUT2D eigenvalue weighted by Gasteiger charge is -2.12. The molecule has 19 heavy (non-hydrogen) atoms. The first-order chi connectivity index (χ1) is 9.33. The number of hydrogen-bond acceptors (Lipinski definition) is 5. The highest BCUT2D eigenvalue weighted by molar-refractivity contribution is 7.09. The van der Waals surface area contributed by atoms with Crippen LogP contribution in [0.2, 0.25) is 0 Å². The standard InChI is InChI=1S/C14H19N3OS/c1-2-11(9-18)15-8-6-14-17-13(10-19-14)12-5-3-4-7-16-12/h3-5,7,10-11,15,18H,2,6,8-9H2,1H3. The summed E-state index contributed by atoms with van der Waals surface area (Å²) in [7, 11) is 0. The highest BCUT2D eigenvalue weighted by Crippen LogP contribution is 2.19. The van der Waals surface area contributed by atoms with E-state index in [9.17, 15) is 0 Å². The van der Waals surface area contributed by atoms with Gasteiger partial charge in [-0.2, -0.15) is 0 Å². The van der Waals surface area contributed by atoms with Crippen molar-refractivity contribution in [2.24, 2.45) is 0 Å². The van der Waals surface area contributed by atoms with Crippen LogP contribution in [0.3, 0.4) is 0 Å². The van der Waals surface area contributed by atoms with E-state index in [4.69, 9.17) is 5.11 Å². The molecule has 0 radical (unpaired) electrons. The monoisotopic (exact) mass is 277 g/mol. The first-order valence-corrected chi connectivity index (χ1v) is 7.41. The molecule has 1 atom stereocenters. The molecule has 0 saturated heterocycles. The average molecular weight is 277 g/mol. The van der Waals surface area contributed by atoms with Crippen molar-refractivity contribution in [1.82, 2.24) is 15.3 Å². The minimum atomic E-state index is 0.188. The lowest BCUT2D eigenvalue weighted by atomic mass is 10.2. The molecule has 1 unspecified atom stereocenters. The van der Waals surface area contributed by atoms with Crippen molar-refractivity contribution in [1.29, 1.82) is 0 Å². The number of aromatic nitrogens is 2. The molecule has 0 aliphatic carbocycles. The molecular formula is C14H19N3OS. The van der Waals surface area contributed by atoms with Crippen LogP contribution in [-0.4, -0.2) is 34.3 Å². The maximum absolute atomic E-state index is 9.09. The maximum Gasteiger partial charge on any atom is 0.0998 e.